The highest BCUT2D eigenvalue weighted by molar-refractivity contribution is 5.03. The summed E-state index contributed by atoms with van der Waals surface area (Å²) in [6.45, 7) is 2.67. The molecule has 1 aliphatic rings. The van der Waals surface area contributed by atoms with Gasteiger partial charge in [0.1, 0.15) is 0 Å². The third kappa shape index (κ3) is 3.03. The van der Waals surface area contributed by atoms with Gasteiger partial charge in [-0.05, 0) is 25.0 Å². The predicted octanol–water partition coefficient (Wildman–Crippen LogP) is 1.78. The summed E-state index contributed by atoms with van der Waals surface area (Å²) in [7, 11) is 0. The summed E-state index contributed by atoms with van der Waals surface area (Å²) in [6.07, 6.45) is 7.26. The Bertz CT molecular complexity index is 293. The highest BCUT2D eigenvalue weighted by atomic mass is 15.2. The van der Waals surface area contributed by atoms with E-state index in [1.54, 1.807) is 0 Å². The lowest BCUT2D eigenvalue weighted by Crippen LogP contribution is -2.36. The van der Waals surface area contributed by atoms with Crippen LogP contribution in [0.15, 0.2) is 24.4 Å². The number of nitrogens with two attached hydrogens (primary N) is 1. The van der Waals surface area contributed by atoms with Crippen molar-refractivity contribution >= 4 is 0 Å². The van der Waals surface area contributed by atoms with E-state index in [1.165, 1.54) is 25.7 Å². The molecule has 16 heavy (non-hydrogen) atoms. The molecule has 1 heterocycles. The maximum absolute atomic E-state index is 5.69. The minimum atomic E-state index is 0.727. The zero-order valence-electron chi connectivity index (χ0n) is 9.81. The van der Waals surface area contributed by atoms with Crippen molar-refractivity contribution in [3.63, 3.8) is 0 Å². The first kappa shape index (κ1) is 11.6. The summed E-state index contributed by atoms with van der Waals surface area (Å²) in [5, 5.41) is 0. The Morgan fingerprint density at radius 3 is 2.75 bits per heavy atom. The molecule has 1 aliphatic carbocycles. The van der Waals surface area contributed by atoms with E-state index in [9.17, 15) is 0 Å². The van der Waals surface area contributed by atoms with E-state index in [2.05, 4.69) is 22.0 Å². The number of aromatic nitrogens is 1. The van der Waals surface area contributed by atoms with Crippen LogP contribution >= 0.6 is 0 Å². The molecule has 0 unspecified atom stereocenters. The van der Waals surface area contributed by atoms with Crippen molar-refractivity contribution in [2.75, 3.05) is 13.1 Å². The van der Waals surface area contributed by atoms with Gasteiger partial charge in [-0.1, -0.05) is 18.9 Å². The lowest BCUT2D eigenvalue weighted by Gasteiger charge is -2.27. The van der Waals surface area contributed by atoms with Gasteiger partial charge < -0.3 is 5.73 Å². The zero-order valence-corrected chi connectivity index (χ0v) is 9.81. The van der Waals surface area contributed by atoms with Crippen LogP contribution in [0.1, 0.15) is 31.4 Å². The summed E-state index contributed by atoms with van der Waals surface area (Å²) in [5.41, 5.74) is 6.84. The van der Waals surface area contributed by atoms with E-state index >= 15 is 0 Å². The van der Waals surface area contributed by atoms with Crippen LogP contribution in [0.25, 0.3) is 0 Å². The lowest BCUT2D eigenvalue weighted by atomic mass is 10.2. The van der Waals surface area contributed by atoms with Gasteiger partial charge in [0.2, 0.25) is 0 Å². The first-order chi connectivity index (χ1) is 7.90. The molecular weight excluding hydrogens is 198 g/mol. The Kier molecular flexibility index (Phi) is 4.31. The fourth-order valence-corrected chi connectivity index (χ4v) is 2.53. The van der Waals surface area contributed by atoms with E-state index in [0.29, 0.717) is 0 Å². The van der Waals surface area contributed by atoms with Crippen LogP contribution in [0.3, 0.4) is 0 Å². The summed E-state index contributed by atoms with van der Waals surface area (Å²) in [5.74, 6) is 0. The van der Waals surface area contributed by atoms with E-state index in [-0.39, 0.29) is 0 Å². The summed E-state index contributed by atoms with van der Waals surface area (Å²) in [6, 6.07) is 6.84. The lowest BCUT2D eigenvalue weighted by molar-refractivity contribution is 0.193. The molecule has 2 N–H and O–H groups in total. The van der Waals surface area contributed by atoms with Crippen LogP contribution in [0.5, 0.6) is 0 Å². The SMILES string of the molecule is NCCN(Cc1ccccn1)C1CCCC1. The van der Waals surface area contributed by atoms with Gasteiger partial charge in [-0.15, -0.1) is 0 Å². The first-order valence-electron chi connectivity index (χ1n) is 6.24. The first-order valence-corrected chi connectivity index (χ1v) is 6.24. The molecule has 88 valence electrons. The molecular formula is C13H21N3. The second-order valence-electron chi connectivity index (χ2n) is 4.52. The molecule has 1 saturated carbocycles. The second kappa shape index (κ2) is 5.97. The molecule has 1 aromatic rings. The van der Waals surface area contributed by atoms with Crippen LogP contribution in [-0.4, -0.2) is 29.0 Å². The number of pyridine rings is 1. The van der Waals surface area contributed by atoms with Crippen LogP contribution in [0.4, 0.5) is 0 Å². The fourth-order valence-electron chi connectivity index (χ4n) is 2.53. The predicted molar refractivity (Wildman–Crippen MR) is 66.0 cm³/mol. The normalized spacial score (nSPS) is 17.1. The molecule has 3 nitrogen and oxygen atoms in total. The van der Waals surface area contributed by atoms with Crippen molar-refractivity contribution in [1.82, 2.24) is 9.88 Å². The van der Waals surface area contributed by atoms with Gasteiger partial charge in [-0.2, -0.15) is 0 Å². The minimum absolute atomic E-state index is 0.727. The second-order valence-corrected chi connectivity index (χ2v) is 4.52. The maximum atomic E-state index is 5.69. The van der Waals surface area contributed by atoms with E-state index < -0.39 is 0 Å². The largest absolute Gasteiger partial charge is 0.329 e. The standard InChI is InChI=1S/C13H21N3/c14-8-10-16(13-6-1-2-7-13)11-12-5-3-4-9-15-12/h3-5,9,13H,1-2,6-8,10-11,14H2. The highest BCUT2D eigenvalue weighted by Crippen LogP contribution is 2.24. The summed E-state index contributed by atoms with van der Waals surface area (Å²) in [4.78, 5) is 6.89. The van der Waals surface area contributed by atoms with E-state index in [1.807, 2.05) is 12.3 Å². The van der Waals surface area contributed by atoms with Gasteiger partial charge in [-0.25, -0.2) is 0 Å². The minimum Gasteiger partial charge on any atom is -0.329 e. The van der Waals surface area contributed by atoms with Crippen LogP contribution in [0.2, 0.25) is 0 Å². The van der Waals surface area contributed by atoms with E-state index in [0.717, 1.165) is 31.4 Å². The summed E-state index contributed by atoms with van der Waals surface area (Å²) < 4.78 is 0. The van der Waals surface area contributed by atoms with Gasteiger partial charge in [0.15, 0.2) is 0 Å². The third-order valence-corrected chi connectivity index (χ3v) is 3.35. The zero-order chi connectivity index (χ0) is 11.2. The van der Waals surface area contributed by atoms with Crippen molar-refractivity contribution in [1.29, 1.82) is 0 Å². The molecule has 0 radical (unpaired) electrons. The fraction of sp³-hybridized carbons (Fsp3) is 0.615. The topological polar surface area (TPSA) is 42.1 Å². The van der Waals surface area contributed by atoms with Gasteiger partial charge in [0, 0.05) is 31.9 Å². The van der Waals surface area contributed by atoms with Crippen molar-refractivity contribution in [3.05, 3.63) is 30.1 Å². The Morgan fingerprint density at radius 2 is 2.12 bits per heavy atom. The Morgan fingerprint density at radius 1 is 1.31 bits per heavy atom. The van der Waals surface area contributed by atoms with E-state index in [4.69, 9.17) is 5.73 Å². The molecule has 0 aliphatic heterocycles. The monoisotopic (exact) mass is 219 g/mol. The molecule has 0 spiro atoms. The van der Waals surface area contributed by atoms with Crippen molar-refractivity contribution in [2.24, 2.45) is 5.73 Å². The van der Waals surface area contributed by atoms with Gasteiger partial charge in [-0.3, -0.25) is 9.88 Å². The Hall–Kier alpha value is -0.930. The molecule has 2 rings (SSSR count). The number of hydrogen-bond acceptors (Lipinski definition) is 3. The molecule has 3 heteroatoms. The van der Waals surface area contributed by atoms with Gasteiger partial charge in [0.25, 0.3) is 0 Å². The Balaban J connectivity index is 1.96. The van der Waals surface area contributed by atoms with Crippen molar-refractivity contribution in [2.45, 2.75) is 38.3 Å². The van der Waals surface area contributed by atoms with Crippen molar-refractivity contribution < 1.29 is 0 Å². The molecule has 0 atom stereocenters. The number of hydrogen-bond donors (Lipinski definition) is 1. The molecule has 0 aromatic carbocycles. The molecule has 0 saturated heterocycles. The Labute approximate surface area is 97.7 Å². The third-order valence-electron chi connectivity index (χ3n) is 3.35. The molecule has 1 fully saturated rings. The molecule has 0 bridgehead atoms. The average molecular weight is 219 g/mol. The quantitative estimate of drug-likeness (QED) is 0.821. The number of rotatable bonds is 5. The van der Waals surface area contributed by atoms with Crippen molar-refractivity contribution in [3.8, 4) is 0 Å². The number of nitrogens with zero attached hydrogens (tertiary/aromatic N) is 2. The maximum Gasteiger partial charge on any atom is 0.0544 e. The average Bonchev–Trinajstić information content (AvgIpc) is 2.83. The smallest absolute Gasteiger partial charge is 0.0544 e. The van der Waals surface area contributed by atoms with Crippen LogP contribution < -0.4 is 5.73 Å². The van der Waals surface area contributed by atoms with Gasteiger partial charge >= 0.3 is 0 Å². The van der Waals surface area contributed by atoms with Gasteiger partial charge in [0.05, 0.1) is 5.69 Å². The molecule has 0 amide bonds. The molecule has 1 aromatic heterocycles. The van der Waals surface area contributed by atoms with Crippen LogP contribution in [0, 0.1) is 0 Å². The van der Waals surface area contributed by atoms with Crippen LogP contribution in [-0.2, 0) is 6.54 Å². The summed E-state index contributed by atoms with van der Waals surface area (Å²) >= 11 is 0. The highest BCUT2D eigenvalue weighted by Gasteiger charge is 2.22.